The minimum absolute atomic E-state index is 0.0937. The summed E-state index contributed by atoms with van der Waals surface area (Å²) < 4.78 is 13.2. The lowest BCUT2D eigenvalue weighted by atomic mass is 10.00. The van der Waals surface area contributed by atoms with E-state index >= 15 is 0 Å². The third-order valence-electron chi connectivity index (χ3n) is 5.09. The number of anilines is 1. The van der Waals surface area contributed by atoms with Crippen LogP contribution >= 0.6 is 22.7 Å². The summed E-state index contributed by atoms with van der Waals surface area (Å²) in [6.45, 7) is 0. The molecule has 3 nitrogen and oxygen atoms in total. The van der Waals surface area contributed by atoms with Gasteiger partial charge in [0.25, 0.3) is 0 Å². The summed E-state index contributed by atoms with van der Waals surface area (Å²) in [5.41, 5.74) is 10.6. The molecule has 0 aliphatic rings. The average molecular weight is 445 g/mol. The molecule has 0 saturated carbocycles. The van der Waals surface area contributed by atoms with Gasteiger partial charge in [0.15, 0.2) is 5.78 Å². The van der Waals surface area contributed by atoms with Crippen molar-refractivity contribution in [3.05, 3.63) is 94.4 Å². The molecule has 2 aromatic carbocycles. The van der Waals surface area contributed by atoms with E-state index in [1.807, 2.05) is 53.9 Å². The number of fused-ring (bicyclic) bond motifs is 1. The van der Waals surface area contributed by atoms with Gasteiger partial charge in [-0.05, 0) is 46.3 Å². The number of thiophene rings is 2. The number of halogens is 1. The second-order valence-electron chi connectivity index (χ2n) is 7.15. The van der Waals surface area contributed by atoms with Crippen LogP contribution in [-0.4, -0.2) is 10.8 Å². The van der Waals surface area contributed by atoms with Gasteiger partial charge in [-0.25, -0.2) is 9.37 Å². The summed E-state index contributed by atoms with van der Waals surface area (Å²) in [4.78, 5) is 20.2. The number of hydrogen-bond acceptors (Lipinski definition) is 5. The van der Waals surface area contributed by atoms with Gasteiger partial charge in [0.1, 0.15) is 10.6 Å². The molecule has 0 spiro atoms. The van der Waals surface area contributed by atoms with Gasteiger partial charge in [0, 0.05) is 11.8 Å². The second-order valence-corrected chi connectivity index (χ2v) is 9.10. The molecule has 0 saturated heterocycles. The molecule has 0 amide bonds. The Kier molecular flexibility index (Phi) is 5.10. The van der Waals surface area contributed by atoms with Crippen LogP contribution in [0.5, 0.6) is 0 Å². The van der Waals surface area contributed by atoms with E-state index in [1.165, 1.54) is 23.5 Å². The van der Waals surface area contributed by atoms with E-state index < -0.39 is 0 Å². The lowest BCUT2D eigenvalue weighted by Crippen LogP contribution is -2.04. The molecular weight excluding hydrogens is 427 g/mol. The monoisotopic (exact) mass is 444 g/mol. The summed E-state index contributed by atoms with van der Waals surface area (Å²) in [7, 11) is 0. The van der Waals surface area contributed by atoms with Crippen LogP contribution in [0, 0.1) is 5.82 Å². The minimum atomic E-state index is -0.324. The number of benzene rings is 2. The third kappa shape index (κ3) is 3.76. The van der Waals surface area contributed by atoms with E-state index in [1.54, 1.807) is 23.5 Å². The number of ketones is 1. The van der Waals surface area contributed by atoms with Gasteiger partial charge in [-0.1, -0.05) is 48.5 Å². The normalized spacial score (nSPS) is 11.1. The van der Waals surface area contributed by atoms with Gasteiger partial charge in [0.05, 0.1) is 21.1 Å². The molecule has 3 heterocycles. The molecule has 152 valence electrons. The predicted octanol–water partition coefficient (Wildman–Crippen LogP) is 6.84. The van der Waals surface area contributed by atoms with Crippen LogP contribution in [-0.2, 0) is 6.42 Å². The summed E-state index contributed by atoms with van der Waals surface area (Å²) in [6, 6.07) is 22.0. The molecule has 31 heavy (non-hydrogen) atoms. The first-order chi connectivity index (χ1) is 15.1. The van der Waals surface area contributed by atoms with Crippen molar-refractivity contribution in [2.75, 3.05) is 5.73 Å². The molecule has 5 rings (SSSR count). The van der Waals surface area contributed by atoms with E-state index in [2.05, 4.69) is 0 Å². The smallest absolute Gasteiger partial charge is 0.179 e. The fraction of sp³-hybridized carbons (Fsp3) is 0.0400. The van der Waals surface area contributed by atoms with Crippen molar-refractivity contribution >= 4 is 44.4 Å². The molecule has 0 fully saturated rings. The number of rotatable bonds is 5. The molecule has 2 N–H and O–H groups in total. The van der Waals surface area contributed by atoms with E-state index in [4.69, 9.17) is 10.7 Å². The van der Waals surface area contributed by atoms with Gasteiger partial charge in [-0.2, -0.15) is 0 Å². The Hall–Kier alpha value is -3.35. The van der Waals surface area contributed by atoms with Crippen molar-refractivity contribution in [2.45, 2.75) is 6.42 Å². The molecule has 5 aromatic rings. The van der Waals surface area contributed by atoms with E-state index in [-0.39, 0.29) is 18.0 Å². The molecule has 0 aliphatic heterocycles. The number of hydrogen-bond donors (Lipinski definition) is 1. The molecule has 0 radical (unpaired) electrons. The Balaban J connectivity index is 1.65. The number of nitrogens with zero attached hydrogens (tertiary/aromatic N) is 1. The van der Waals surface area contributed by atoms with Crippen LogP contribution in [0.25, 0.3) is 31.9 Å². The first-order valence-corrected chi connectivity index (χ1v) is 11.4. The first-order valence-electron chi connectivity index (χ1n) is 9.70. The molecule has 0 aliphatic carbocycles. The van der Waals surface area contributed by atoms with Crippen LogP contribution in [0.2, 0.25) is 0 Å². The maximum Gasteiger partial charge on any atom is 0.179 e. The summed E-state index contributed by atoms with van der Waals surface area (Å²) >= 11 is 2.94. The zero-order valence-electron chi connectivity index (χ0n) is 16.3. The minimum Gasteiger partial charge on any atom is -0.397 e. The largest absolute Gasteiger partial charge is 0.397 e. The summed E-state index contributed by atoms with van der Waals surface area (Å²) in [5, 5.41) is 2.82. The zero-order valence-corrected chi connectivity index (χ0v) is 18.0. The van der Waals surface area contributed by atoms with E-state index in [0.717, 1.165) is 37.5 Å². The lowest BCUT2D eigenvalue weighted by Gasteiger charge is -2.08. The number of carbonyl (C=O) groups is 1. The fourth-order valence-corrected chi connectivity index (χ4v) is 5.34. The maximum absolute atomic E-state index is 13.2. The van der Waals surface area contributed by atoms with Gasteiger partial charge in [-0.15, -0.1) is 22.7 Å². The topological polar surface area (TPSA) is 56.0 Å². The summed E-state index contributed by atoms with van der Waals surface area (Å²) in [6.07, 6.45) is 0.162. The lowest BCUT2D eigenvalue weighted by molar-refractivity contribution is 0.0997. The number of nitrogen functional groups attached to an aromatic ring is 1. The number of aromatic nitrogens is 1. The Labute approximate surface area is 186 Å². The number of carbonyl (C=O) groups excluding carboxylic acids is 1. The highest BCUT2D eigenvalue weighted by atomic mass is 32.1. The maximum atomic E-state index is 13.2. The molecule has 0 bridgehead atoms. The molecule has 6 heteroatoms. The highest BCUT2D eigenvalue weighted by Gasteiger charge is 2.22. The molecule has 0 unspecified atom stereocenters. The van der Waals surface area contributed by atoms with Gasteiger partial charge in [-0.3, -0.25) is 4.79 Å². The van der Waals surface area contributed by atoms with Crippen molar-refractivity contribution in [3.8, 4) is 21.7 Å². The van der Waals surface area contributed by atoms with Crippen LogP contribution in [0.3, 0.4) is 0 Å². The van der Waals surface area contributed by atoms with Crippen molar-refractivity contribution in [1.29, 1.82) is 0 Å². The van der Waals surface area contributed by atoms with Gasteiger partial charge < -0.3 is 5.73 Å². The average Bonchev–Trinajstić information content (AvgIpc) is 3.44. The highest BCUT2D eigenvalue weighted by molar-refractivity contribution is 7.21. The van der Waals surface area contributed by atoms with Crippen LogP contribution < -0.4 is 5.73 Å². The van der Waals surface area contributed by atoms with Crippen molar-refractivity contribution < 1.29 is 9.18 Å². The molecule has 3 aromatic heterocycles. The SMILES string of the molecule is Nc1c(C(=O)Cc2ccc(F)cc2)sc2nc(-c3cccs3)cc(-c3ccccc3)c12. The van der Waals surface area contributed by atoms with Crippen LogP contribution in [0.4, 0.5) is 10.1 Å². The third-order valence-corrected chi connectivity index (χ3v) is 7.12. The number of nitrogens with two attached hydrogens (primary N) is 1. The van der Waals surface area contributed by atoms with Gasteiger partial charge >= 0.3 is 0 Å². The predicted molar refractivity (Wildman–Crippen MR) is 127 cm³/mol. The quantitative estimate of drug-likeness (QED) is 0.302. The molecule has 0 atom stereocenters. The van der Waals surface area contributed by atoms with Crippen molar-refractivity contribution in [2.24, 2.45) is 0 Å². The number of Topliss-reactive ketones (excluding diaryl/α,β-unsaturated/α-hetero) is 1. The Morgan fingerprint density at radius 3 is 2.48 bits per heavy atom. The standard InChI is InChI=1S/C25H17FN2OS2/c26-17-10-8-15(9-11-17)13-20(29)24-23(27)22-18(16-5-2-1-3-6-16)14-19(28-25(22)31-24)21-7-4-12-30-21/h1-12,14H,13,27H2. The van der Waals surface area contributed by atoms with Crippen molar-refractivity contribution in [3.63, 3.8) is 0 Å². The van der Waals surface area contributed by atoms with Gasteiger partial charge in [0.2, 0.25) is 0 Å². The van der Waals surface area contributed by atoms with Crippen LogP contribution in [0.1, 0.15) is 15.2 Å². The Bertz CT molecular complexity index is 1380. The van der Waals surface area contributed by atoms with Crippen molar-refractivity contribution in [1.82, 2.24) is 4.98 Å². The first kappa shape index (κ1) is 19.6. The molecular formula is C25H17FN2OS2. The van der Waals surface area contributed by atoms with E-state index in [0.29, 0.717) is 10.6 Å². The zero-order chi connectivity index (χ0) is 21.4. The van der Waals surface area contributed by atoms with E-state index in [9.17, 15) is 9.18 Å². The summed E-state index contributed by atoms with van der Waals surface area (Å²) in [5.74, 6) is -0.417. The Morgan fingerprint density at radius 1 is 1.00 bits per heavy atom. The number of pyridine rings is 1. The Morgan fingerprint density at radius 2 is 1.77 bits per heavy atom. The second kappa shape index (κ2) is 8.06. The highest BCUT2D eigenvalue weighted by Crippen LogP contribution is 2.42. The van der Waals surface area contributed by atoms with Crippen LogP contribution in [0.15, 0.2) is 78.2 Å². The fourth-order valence-electron chi connectivity index (χ4n) is 3.59.